The zero-order valence-corrected chi connectivity index (χ0v) is 10.2. The average molecular weight is 258 g/mol. The van der Waals surface area contributed by atoms with Gasteiger partial charge in [0.15, 0.2) is 5.82 Å². The number of pyridine rings is 1. The van der Waals surface area contributed by atoms with Gasteiger partial charge in [-0.2, -0.15) is 4.98 Å². The summed E-state index contributed by atoms with van der Waals surface area (Å²) in [4.78, 5) is 8.38. The molecule has 0 unspecified atom stereocenters. The standard InChI is InChI=1S/C12H10N4OS/c13-11-9(3-5-18-11)12-15-10(16-17-12)6-8-2-1-4-14-7-8/h1-5,7H,6,13H2. The molecule has 90 valence electrons. The van der Waals surface area contributed by atoms with E-state index in [4.69, 9.17) is 10.3 Å². The first-order chi connectivity index (χ1) is 8.83. The summed E-state index contributed by atoms with van der Waals surface area (Å²) < 4.78 is 5.21. The molecule has 0 aliphatic rings. The minimum Gasteiger partial charge on any atom is -0.390 e. The zero-order chi connectivity index (χ0) is 12.4. The van der Waals surface area contributed by atoms with Gasteiger partial charge in [0.25, 0.3) is 5.89 Å². The summed E-state index contributed by atoms with van der Waals surface area (Å²) in [6.07, 6.45) is 4.12. The van der Waals surface area contributed by atoms with Crippen LogP contribution in [0.4, 0.5) is 5.00 Å². The molecular formula is C12H10N4OS. The summed E-state index contributed by atoms with van der Waals surface area (Å²) in [5, 5.41) is 6.53. The molecule has 0 amide bonds. The minimum atomic E-state index is 0.465. The van der Waals surface area contributed by atoms with Gasteiger partial charge in [-0.25, -0.2) is 0 Å². The van der Waals surface area contributed by atoms with Crippen LogP contribution in [0.15, 0.2) is 40.5 Å². The molecule has 6 heteroatoms. The van der Waals surface area contributed by atoms with E-state index in [1.165, 1.54) is 11.3 Å². The Balaban J connectivity index is 1.84. The Morgan fingerprint density at radius 2 is 2.28 bits per heavy atom. The number of hydrogen-bond donors (Lipinski definition) is 1. The number of aromatic nitrogens is 3. The maximum Gasteiger partial charge on any atom is 0.260 e. The first-order valence-corrected chi connectivity index (χ1v) is 6.26. The van der Waals surface area contributed by atoms with Crippen molar-refractivity contribution in [2.45, 2.75) is 6.42 Å². The fourth-order valence-corrected chi connectivity index (χ4v) is 2.25. The molecule has 0 aliphatic heterocycles. The highest BCUT2D eigenvalue weighted by atomic mass is 32.1. The van der Waals surface area contributed by atoms with Crippen LogP contribution < -0.4 is 5.73 Å². The summed E-state index contributed by atoms with van der Waals surface area (Å²) in [7, 11) is 0. The lowest BCUT2D eigenvalue weighted by Gasteiger charge is -1.93. The van der Waals surface area contributed by atoms with Crippen LogP contribution in [0.25, 0.3) is 11.5 Å². The van der Waals surface area contributed by atoms with Crippen molar-refractivity contribution in [2.24, 2.45) is 0 Å². The van der Waals surface area contributed by atoms with Crippen molar-refractivity contribution in [3.05, 3.63) is 47.4 Å². The van der Waals surface area contributed by atoms with Gasteiger partial charge in [-0.1, -0.05) is 11.2 Å². The topological polar surface area (TPSA) is 77.8 Å². The summed E-state index contributed by atoms with van der Waals surface area (Å²) >= 11 is 1.45. The van der Waals surface area contributed by atoms with Gasteiger partial charge >= 0.3 is 0 Å². The Kier molecular flexibility index (Phi) is 2.77. The van der Waals surface area contributed by atoms with Crippen molar-refractivity contribution in [2.75, 3.05) is 5.73 Å². The second-order valence-corrected chi connectivity index (χ2v) is 4.70. The van der Waals surface area contributed by atoms with Crippen molar-refractivity contribution >= 4 is 16.3 Å². The lowest BCUT2D eigenvalue weighted by Crippen LogP contribution is -1.91. The van der Waals surface area contributed by atoms with Gasteiger partial charge in [-0.05, 0) is 23.1 Å². The predicted octanol–water partition coefficient (Wildman–Crippen LogP) is 2.37. The second kappa shape index (κ2) is 4.58. The number of nitrogen functional groups attached to an aromatic ring is 1. The van der Waals surface area contributed by atoms with Gasteiger partial charge in [-0.3, -0.25) is 4.98 Å². The highest BCUT2D eigenvalue weighted by molar-refractivity contribution is 7.14. The van der Waals surface area contributed by atoms with Crippen LogP contribution in [-0.4, -0.2) is 15.1 Å². The van der Waals surface area contributed by atoms with E-state index in [0.29, 0.717) is 23.1 Å². The first kappa shape index (κ1) is 10.9. The molecule has 3 aromatic rings. The summed E-state index contributed by atoms with van der Waals surface area (Å²) in [5.74, 6) is 1.09. The van der Waals surface area contributed by atoms with Gasteiger partial charge in [-0.15, -0.1) is 11.3 Å². The van der Waals surface area contributed by atoms with Crippen LogP contribution in [0, 0.1) is 0 Å². The molecular weight excluding hydrogens is 248 g/mol. The molecule has 0 spiro atoms. The fourth-order valence-electron chi connectivity index (χ4n) is 1.62. The third kappa shape index (κ3) is 2.10. The fraction of sp³-hybridized carbons (Fsp3) is 0.0833. The van der Waals surface area contributed by atoms with Gasteiger partial charge in [0.1, 0.15) is 0 Å². The van der Waals surface area contributed by atoms with Gasteiger partial charge < -0.3 is 10.3 Å². The summed E-state index contributed by atoms with van der Waals surface area (Å²) in [5.41, 5.74) is 7.66. The van der Waals surface area contributed by atoms with Crippen LogP contribution >= 0.6 is 11.3 Å². The molecule has 0 aromatic carbocycles. The third-order valence-electron chi connectivity index (χ3n) is 2.48. The lowest BCUT2D eigenvalue weighted by atomic mass is 10.2. The van der Waals surface area contributed by atoms with Crippen molar-refractivity contribution in [1.29, 1.82) is 0 Å². The molecule has 18 heavy (non-hydrogen) atoms. The van der Waals surface area contributed by atoms with E-state index in [1.54, 1.807) is 12.4 Å². The van der Waals surface area contributed by atoms with Gasteiger partial charge in [0.2, 0.25) is 0 Å². The largest absolute Gasteiger partial charge is 0.390 e. The van der Waals surface area contributed by atoms with Crippen molar-refractivity contribution in [1.82, 2.24) is 15.1 Å². The molecule has 0 radical (unpaired) electrons. The van der Waals surface area contributed by atoms with E-state index in [0.717, 1.165) is 11.1 Å². The molecule has 0 fully saturated rings. The molecule has 2 N–H and O–H groups in total. The van der Waals surface area contributed by atoms with E-state index < -0.39 is 0 Å². The molecule has 0 atom stereocenters. The SMILES string of the molecule is Nc1sccc1-c1nc(Cc2cccnc2)no1. The minimum absolute atomic E-state index is 0.465. The number of anilines is 1. The number of hydrogen-bond acceptors (Lipinski definition) is 6. The maximum atomic E-state index is 5.82. The second-order valence-electron chi connectivity index (χ2n) is 3.75. The Hall–Kier alpha value is -2.21. The van der Waals surface area contributed by atoms with Crippen molar-refractivity contribution in [3.8, 4) is 11.5 Å². The number of nitrogens with zero attached hydrogens (tertiary/aromatic N) is 3. The summed E-state index contributed by atoms with van der Waals surface area (Å²) in [6, 6.07) is 5.73. The number of nitrogens with two attached hydrogens (primary N) is 1. The molecule has 3 aromatic heterocycles. The highest BCUT2D eigenvalue weighted by Gasteiger charge is 2.12. The summed E-state index contributed by atoms with van der Waals surface area (Å²) in [6.45, 7) is 0. The van der Waals surface area contributed by atoms with E-state index in [9.17, 15) is 0 Å². The van der Waals surface area contributed by atoms with E-state index in [2.05, 4.69) is 15.1 Å². The van der Waals surface area contributed by atoms with E-state index in [1.807, 2.05) is 23.6 Å². The zero-order valence-electron chi connectivity index (χ0n) is 9.41. The Morgan fingerprint density at radius 1 is 1.33 bits per heavy atom. The molecule has 0 aliphatic carbocycles. The third-order valence-corrected chi connectivity index (χ3v) is 3.22. The molecule has 0 saturated carbocycles. The van der Waals surface area contributed by atoms with Crippen LogP contribution in [0.5, 0.6) is 0 Å². The van der Waals surface area contributed by atoms with Crippen LogP contribution in [-0.2, 0) is 6.42 Å². The molecule has 0 bridgehead atoms. The van der Waals surface area contributed by atoms with Crippen molar-refractivity contribution < 1.29 is 4.52 Å². The molecule has 5 nitrogen and oxygen atoms in total. The maximum absolute atomic E-state index is 5.82. The molecule has 3 heterocycles. The number of rotatable bonds is 3. The molecule has 0 saturated heterocycles. The molecule has 3 rings (SSSR count). The monoisotopic (exact) mass is 258 g/mol. The van der Waals surface area contributed by atoms with Gasteiger partial charge in [0, 0.05) is 18.8 Å². The number of thiophene rings is 1. The Morgan fingerprint density at radius 3 is 3.00 bits per heavy atom. The average Bonchev–Trinajstić information content (AvgIpc) is 2.99. The Bertz CT molecular complexity index is 647. The van der Waals surface area contributed by atoms with Crippen molar-refractivity contribution in [3.63, 3.8) is 0 Å². The highest BCUT2D eigenvalue weighted by Crippen LogP contribution is 2.29. The van der Waals surface area contributed by atoms with Crippen LogP contribution in [0.2, 0.25) is 0 Å². The van der Waals surface area contributed by atoms with Crippen LogP contribution in [0.1, 0.15) is 11.4 Å². The van der Waals surface area contributed by atoms with E-state index >= 15 is 0 Å². The first-order valence-electron chi connectivity index (χ1n) is 5.38. The predicted molar refractivity (Wildman–Crippen MR) is 69.1 cm³/mol. The van der Waals surface area contributed by atoms with Crippen LogP contribution in [0.3, 0.4) is 0 Å². The normalized spacial score (nSPS) is 10.7. The van der Waals surface area contributed by atoms with E-state index in [-0.39, 0.29) is 0 Å². The van der Waals surface area contributed by atoms with Gasteiger partial charge in [0.05, 0.1) is 10.6 Å². The quantitative estimate of drug-likeness (QED) is 0.780. The Labute approximate surface area is 107 Å². The lowest BCUT2D eigenvalue weighted by molar-refractivity contribution is 0.424. The smallest absolute Gasteiger partial charge is 0.260 e.